The summed E-state index contributed by atoms with van der Waals surface area (Å²) in [5.74, 6) is 0.0474. The molecule has 2 heterocycles. The lowest BCUT2D eigenvalue weighted by Gasteiger charge is -2.34. The van der Waals surface area contributed by atoms with Gasteiger partial charge < -0.3 is 5.73 Å². The number of thiazole rings is 1. The van der Waals surface area contributed by atoms with Gasteiger partial charge in [0.25, 0.3) is 0 Å². The topological polar surface area (TPSA) is 62.5 Å². The van der Waals surface area contributed by atoms with E-state index < -0.39 is 0 Å². The molecule has 1 aromatic rings. The highest BCUT2D eigenvalue weighted by atomic mass is 32.1. The van der Waals surface area contributed by atoms with Crippen LogP contribution in [0.5, 0.6) is 0 Å². The van der Waals surface area contributed by atoms with Crippen LogP contribution >= 0.6 is 11.3 Å². The second kappa shape index (κ2) is 7.15. The number of rotatable bonds is 5. The molecule has 0 aliphatic carbocycles. The summed E-state index contributed by atoms with van der Waals surface area (Å²) in [6.07, 6.45) is 3.69. The Labute approximate surface area is 124 Å². The summed E-state index contributed by atoms with van der Waals surface area (Å²) < 4.78 is 0. The molecular weight excluding hydrogens is 272 g/mol. The van der Waals surface area contributed by atoms with E-state index in [4.69, 9.17) is 5.73 Å². The van der Waals surface area contributed by atoms with E-state index in [2.05, 4.69) is 15.3 Å². The molecule has 0 bridgehead atoms. The monoisotopic (exact) mass is 296 g/mol. The van der Waals surface area contributed by atoms with E-state index in [-0.39, 0.29) is 5.91 Å². The standard InChI is InChI=1S/C14H24N4OS/c1-3-18(11(2)19)14-16-12(10-20-14)9-17-7-5-4-6-13(17)8-15/h10,13H,3-9,15H2,1-2H3. The SMILES string of the molecule is CCN(C(C)=O)c1nc(CN2CCCCC2CN)cs1. The number of aromatic nitrogens is 1. The van der Waals surface area contributed by atoms with E-state index in [9.17, 15) is 4.79 Å². The third kappa shape index (κ3) is 3.56. The van der Waals surface area contributed by atoms with Crippen molar-refractivity contribution in [3.63, 3.8) is 0 Å². The zero-order valence-electron chi connectivity index (χ0n) is 12.3. The van der Waals surface area contributed by atoms with Crippen LogP contribution in [0.4, 0.5) is 5.13 Å². The van der Waals surface area contributed by atoms with Crippen molar-refractivity contribution in [1.29, 1.82) is 0 Å². The van der Waals surface area contributed by atoms with E-state index in [1.165, 1.54) is 19.3 Å². The Balaban J connectivity index is 2.03. The number of carbonyl (C=O) groups is 1. The third-order valence-corrected chi connectivity index (χ3v) is 4.77. The Bertz CT molecular complexity index is 448. The van der Waals surface area contributed by atoms with Crippen LogP contribution in [-0.2, 0) is 11.3 Å². The van der Waals surface area contributed by atoms with Gasteiger partial charge in [0.1, 0.15) is 0 Å². The number of nitrogens with zero attached hydrogens (tertiary/aromatic N) is 3. The highest BCUT2D eigenvalue weighted by molar-refractivity contribution is 7.14. The molecule has 2 N–H and O–H groups in total. The van der Waals surface area contributed by atoms with E-state index in [0.717, 1.165) is 23.9 Å². The highest BCUT2D eigenvalue weighted by Crippen LogP contribution is 2.24. The lowest BCUT2D eigenvalue weighted by Crippen LogP contribution is -2.43. The van der Waals surface area contributed by atoms with E-state index in [1.54, 1.807) is 23.2 Å². The van der Waals surface area contributed by atoms with E-state index >= 15 is 0 Å². The lowest BCUT2D eigenvalue weighted by molar-refractivity contribution is -0.116. The molecule has 2 rings (SSSR count). The molecule has 112 valence electrons. The molecule has 20 heavy (non-hydrogen) atoms. The summed E-state index contributed by atoms with van der Waals surface area (Å²) in [4.78, 5) is 20.3. The van der Waals surface area contributed by atoms with Crippen molar-refractivity contribution < 1.29 is 4.79 Å². The Morgan fingerprint density at radius 1 is 1.60 bits per heavy atom. The van der Waals surface area contributed by atoms with Gasteiger partial charge >= 0.3 is 0 Å². The van der Waals surface area contributed by atoms with Gasteiger partial charge in [-0.2, -0.15) is 0 Å². The predicted molar refractivity (Wildman–Crippen MR) is 82.9 cm³/mol. The van der Waals surface area contributed by atoms with Gasteiger partial charge in [0, 0.05) is 38.0 Å². The van der Waals surface area contributed by atoms with Crippen molar-refractivity contribution in [2.24, 2.45) is 5.73 Å². The average Bonchev–Trinajstić information content (AvgIpc) is 2.88. The molecule has 1 aromatic heterocycles. The minimum Gasteiger partial charge on any atom is -0.329 e. The van der Waals surface area contributed by atoms with Crippen molar-refractivity contribution in [2.75, 3.05) is 24.5 Å². The molecule has 1 fully saturated rings. The van der Waals surface area contributed by atoms with Crippen molar-refractivity contribution in [2.45, 2.75) is 45.7 Å². The number of likely N-dealkylation sites (tertiary alicyclic amines) is 1. The van der Waals surface area contributed by atoms with Crippen molar-refractivity contribution in [3.05, 3.63) is 11.1 Å². The predicted octanol–water partition coefficient (Wildman–Crippen LogP) is 1.83. The maximum absolute atomic E-state index is 11.5. The summed E-state index contributed by atoms with van der Waals surface area (Å²) in [6.45, 7) is 6.87. The molecule has 1 aliphatic heterocycles. The van der Waals surface area contributed by atoms with Crippen LogP contribution in [-0.4, -0.2) is 41.5 Å². The summed E-state index contributed by atoms with van der Waals surface area (Å²) in [6, 6.07) is 0.476. The van der Waals surface area contributed by atoms with Gasteiger partial charge in [0.2, 0.25) is 5.91 Å². The Morgan fingerprint density at radius 3 is 3.05 bits per heavy atom. The summed E-state index contributed by atoms with van der Waals surface area (Å²) in [5, 5.41) is 2.86. The number of piperidine rings is 1. The fraction of sp³-hybridized carbons (Fsp3) is 0.714. The molecule has 5 nitrogen and oxygen atoms in total. The molecule has 1 saturated heterocycles. The fourth-order valence-electron chi connectivity index (χ4n) is 2.73. The normalized spacial score (nSPS) is 20.1. The summed E-state index contributed by atoms with van der Waals surface area (Å²) in [5.41, 5.74) is 6.90. The van der Waals surface area contributed by atoms with Gasteiger partial charge in [-0.3, -0.25) is 14.6 Å². The molecule has 0 saturated carbocycles. The minimum absolute atomic E-state index is 0.0474. The first-order valence-corrected chi connectivity index (χ1v) is 8.20. The Kier molecular flexibility index (Phi) is 5.51. The second-order valence-electron chi connectivity index (χ2n) is 5.24. The third-order valence-electron chi connectivity index (χ3n) is 3.85. The quantitative estimate of drug-likeness (QED) is 0.900. The molecule has 0 radical (unpaired) electrons. The van der Waals surface area contributed by atoms with Crippen LogP contribution in [0.2, 0.25) is 0 Å². The van der Waals surface area contributed by atoms with Crippen LogP contribution in [0.25, 0.3) is 0 Å². The van der Waals surface area contributed by atoms with E-state index in [1.807, 2.05) is 6.92 Å². The van der Waals surface area contributed by atoms with Crippen molar-refractivity contribution in [3.8, 4) is 0 Å². The van der Waals surface area contributed by atoms with Crippen LogP contribution in [0.15, 0.2) is 5.38 Å². The number of anilines is 1. The first-order chi connectivity index (χ1) is 9.65. The Morgan fingerprint density at radius 2 is 2.40 bits per heavy atom. The van der Waals surface area contributed by atoms with Gasteiger partial charge in [-0.1, -0.05) is 6.42 Å². The van der Waals surface area contributed by atoms with Gasteiger partial charge in [-0.05, 0) is 26.3 Å². The van der Waals surface area contributed by atoms with Gasteiger partial charge in [0.15, 0.2) is 5.13 Å². The van der Waals surface area contributed by atoms with Crippen LogP contribution < -0.4 is 10.6 Å². The Hall–Kier alpha value is -0.980. The maximum Gasteiger partial charge on any atom is 0.225 e. The summed E-state index contributed by atoms with van der Waals surface area (Å²) >= 11 is 1.54. The second-order valence-corrected chi connectivity index (χ2v) is 6.08. The number of hydrogen-bond acceptors (Lipinski definition) is 5. The van der Waals surface area contributed by atoms with Crippen molar-refractivity contribution in [1.82, 2.24) is 9.88 Å². The number of hydrogen-bond donors (Lipinski definition) is 1. The largest absolute Gasteiger partial charge is 0.329 e. The van der Waals surface area contributed by atoms with Crippen LogP contribution in [0, 0.1) is 0 Å². The average molecular weight is 296 g/mol. The first kappa shape index (κ1) is 15.4. The highest BCUT2D eigenvalue weighted by Gasteiger charge is 2.22. The van der Waals surface area contributed by atoms with Gasteiger partial charge in [-0.15, -0.1) is 11.3 Å². The molecule has 1 aliphatic rings. The number of carbonyl (C=O) groups excluding carboxylic acids is 1. The number of nitrogens with two attached hydrogens (primary N) is 1. The fourth-order valence-corrected chi connectivity index (χ4v) is 3.65. The van der Waals surface area contributed by atoms with Gasteiger partial charge in [-0.25, -0.2) is 4.98 Å². The summed E-state index contributed by atoms with van der Waals surface area (Å²) in [7, 11) is 0. The molecule has 6 heteroatoms. The zero-order chi connectivity index (χ0) is 14.5. The molecular formula is C14H24N4OS. The van der Waals surface area contributed by atoms with Gasteiger partial charge in [0.05, 0.1) is 5.69 Å². The minimum atomic E-state index is 0.0474. The van der Waals surface area contributed by atoms with E-state index in [0.29, 0.717) is 19.1 Å². The smallest absolute Gasteiger partial charge is 0.225 e. The lowest BCUT2D eigenvalue weighted by atomic mass is 10.0. The molecule has 0 aromatic carbocycles. The molecule has 0 spiro atoms. The maximum atomic E-state index is 11.5. The van der Waals surface area contributed by atoms with Crippen LogP contribution in [0.1, 0.15) is 38.8 Å². The number of amides is 1. The van der Waals surface area contributed by atoms with Crippen molar-refractivity contribution >= 4 is 22.4 Å². The zero-order valence-corrected chi connectivity index (χ0v) is 13.2. The molecule has 1 atom stereocenters. The van der Waals surface area contributed by atoms with Crippen LogP contribution in [0.3, 0.4) is 0 Å². The molecule has 1 amide bonds. The molecule has 1 unspecified atom stereocenters. The first-order valence-electron chi connectivity index (χ1n) is 7.32.